The second-order valence-electron chi connectivity index (χ2n) is 4.76. The Hall–Kier alpha value is -0.610. The molecule has 0 aromatic heterocycles. The van der Waals surface area contributed by atoms with Crippen molar-refractivity contribution in [2.45, 2.75) is 45.8 Å². The average molecular weight is 217 g/mol. The summed E-state index contributed by atoms with van der Waals surface area (Å²) in [6, 6.07) is 0. The number of aliphatic hydroxyl groups excluding tert-OH is 1. The molecule has 4 heteroatoms. The molecular weight excluding hydrogens is 194 g/mol. The van der Waals surface area contributed by atoms with Crippen LogP contribution in [0.15, 0.2) is 0 Å². The number of ether oxygens (including phenoxy) is 1. The molecule has 0 aliphatic carbocycles. The Morgan fingerprint density at radius 2 is 2.00 bits per heavy atom. The second-order valence-corrected chi connectivity index (χ2v) is 4.76. The number of nitrogens with one attached hydrogen (secondary N) is 1. The van der Waals surface area contributed by atoms with Gasteiger partial charge in [0.15, 0.2) is 0 Å². The fourth-order valence-corrected chi connectivity index (χ4v) is 0.975. The molecule has 1 unspecified atom stereocenters. The molecule has 0 saturated carbocycles. The van der Waals surface area contributed by atoms with Gasteiger partial charge in [-0.15, -0.1) is 0 Å². The Morgan fingerprint density at radius 3 is 2.40 bits per heavy atom. The number of carbonyl (C=O) groups excluding carboxylic acids is 1. The Morgan fingerprint density at radius 1 is 1.47 bits per heavy atom. The Kier molecular flexibility index (Phi) is 5.83. The van der Waals surface area contributed by atoms with Crippen LogP contribution in [0.1, 0.15) is 34.1 Å². The summed E-state index contributed by atoms with van der Waals surface area (Å²) in [5, 5.41) is 12.2. The summed E-state index contributed by atoms with van der Waals surface area (Å²) in [5.74, 6) is 0.0577. The monoisotopic (exact) mass is 217 g/mol. The van der Waals surface area contributed by atoms with Crippen LogP contribution in [0.25, 0.3) is 0 Å². The molecule has 1 atom stereocenters. The Bertz CT molecular complexity index is 202. The van der Waals surface area contributed by atoms with Gasteiger partial charge in [0.25, 0.3) is 0 Å². The Labute approximate surface area is 92.0 Å². The zero-order chi connectivity index (χ0) is 12.1. The first kappa shape index (κ1) is 14.4. The van der Waals surface area contributed by atoms with Crippen LogP contribution >= 0.6 is 0 Å². The number of aliphatic hydroxyl groups is 1. The topological polar surface area (TPSA) is 58.6 Å². The van der Waals surface area contributed by atoms with Gasteiger partial charge in [0.2, 0.25) is 5.91 Å². The lowest BCUT2D eigenvalue weighted by atomic mass is 10.0. The van der Waals surface area contributed by atoms with Crippen LogP contribution < -0.4 is 5.32 Å². The predicted molar refractivity (Wildman–Crippen MR) is 59.6 cm³/mol. The number of rotatable bonds is 6. The van der Waals surface area contributed by atoms with Gasteiger partial charge in [-0.25, -0.2) is 0 Å². The van der Waals surface area contributed by atoms with Crippen molar-refractivity contribution in [3.8, 4) is 0 Å². The van der Waals surface area contributed by atoms with E-state index in [0.717, 1.165) is 0 Å². The van der Waals surface area contributed by atoms with E-state index in [-0.39, 0.29) is 11.8 Å². The van der Waals surface area contributed by atoms with E-state index in [0.29, 0.717) is 13.0 Å². The number of amides is 1. The maximum atomic E-state index is 11.4. The van der Waals surface area contributed by atoms with Gasteiger partial charge < -0.3 is 15.2 Å². The quantitative estimate of drug-likeness (QED) is 0.696. The van der Waals surface area contributed by atoms with E-state index >= 15 is 0 Å². The molecule has 15 heavy (non-hydrogen) atoms. The van der Waals surface area contributed by atoms with Gasteiger partial charge in [0.05, 0.1) is 18.1 Å². The second kappa shape index (κ2) is 6.08. The van der Waals surface area contributed by atoms with E-state index < -0.39 is 11.7 Å². The van der Waals surface area contributed by atoms with Crippen LogP contribution in [0.5, 0.6) is 0 Å². The van der Waals surface area contributed by atoms with Gasteiger partial charge in [-0.3, -0.25) is 4.79 Å². The standard InChI is InChI=1S/C11H23NO3/c1-8(2)9(13)7-12-10(14)6-11(3,4)15-5/h8-9,13H,6-7H2,1-5H3,(H,12,14). The van der Waals surface area contributed by atoms with Crippen LogP contribution in [0, 0.1) is 5.92 Å². The number of hydrogen-bond acceptors (Lipinski definition) is 3. The van der Waals surface area contributed by atoms with Gasteiger partial charge in [0.1, 0.15) is 0 Å². The van der Waals surface area contributed by atoms with E-state index in [4.69, 9.17) is 4.74 Å². The van der Waals surface area contributed by atoms with Crippen LogP contribution in [-0.2, 0) is 9.53 Å². The molecule has 0 aliphatic heterocycles. The first-order valence-electron chi connectivity index (χ1n) is 5.28. The number of carbonyl (C=O) groups is 1. The molecule has 0 heterocycles. The molecule has 4 nitrogen and oxygen atoms in total. The summed E-state index contributed by atoms with van der Waals surface area (Å²) in [4.78, 5) is 11.4. The fraction of sp³-hybridized carbons (Fsp3) is 0.909. The molecule has 0 bridgehead atoms. The minimum absolute atomic E-state index is 0.0958. The van der Waals surface area contributed by atoms with Crippen molar-refractivity contribution in [2.75, 3.05) is 13.7 Å². The van der Waals surface area contributed by atoms with Crippen molar-refractivity contribution in [3.63, 3.8) is 0 Å². The van der Waals surface area contributed by atoms with Crippen molar-refractivity contribution in [3.05, 3.63) is 0 Å². The molecule has 0 aromatic rings. The van der Waals surface area contributed by atoms with Gasteiger partial charge in [0, 0.05) is 13.7 Å². The summed E-state index contributed by atoms with van der Waals surface area (Å²) in [7, 11) is 1.58. The van der Waals surface area contributed by atoms with Crippen molar-refractivity contribution < 1.29 is 14.6 Å². The molecular formula is C11H23NO3. The Balaban J connectivity index is 3.86. The average Bonchev–Trinajstić information content (AvgIpc) is 2.13. The fourth-order valence-electron chi connectivity index (χ4n) is 0.975. The highest BCUT2D eigenvalue weighted by molar-refractivity contribution is 5.76. The van der Waals surface area contributed by atoms with Gasteiger partial charge >= 0.3 is 0 Å². The molecule has 0 fully saturated rings. The number of methoxy groups -OCH3 is 1. The highest BCUT2D eigenvalue weighted by atomic mass is 16.5. The van der Waals surface area contributed by atoms with Crippen LogP contribution in [0.3, 0.4) is 0 Å². The van der Waals surface area contributed by atoms with Gasteiger partial charge in [-0.05, 0) is 19.8 Å². The first-order valence-corrected chi connectivity index (χ1v) is 5.28. The van der Waals surface area contributed by atoms with E-state index in [9.17, 15) is 9.90 Å². The summed E-state index contributed by atoms with van der Waals surface area (Å²) in [5.41, 5.74) is -0.452. The van der Waals surface area contributed by atoms with Crippen LogP contribution in [-0.4, -0.2) is 36.4 Å². The van der Waals surface area contributed by atoms with Crippen molar-refractivity contribution in [1.82, 2.24) is 5.32 Å². The van der Waals surface area contributed by atoms with Crippen molar-refractivity contribution in [2.24, 2.45) is 5.92 Å². The van der Waals surface area contributed by atoms with Crippen LogP contribution in [0.4, 0.5) is 0 Å². The van der Waals surface area contributed by atoms with Crippen LogP contribution in [0.2, 0.25) is 0 Å². The zero-order valence-electron chi connectivity index (χ0n) is 10.3. The lowest BCUT2D eigenvalue weighted by Gasteiger charge is -2.22. The van der Waals surface area contributed by atoms with Crippen molar-refractivity contribution in [1.29, 1.82) is 0 Å². The molecule has 1 amide bonds. The minimum Gasteiger partial charge on any atom is -0.391 e. The maximum absolute atomic E-state index is 11.4. The normalized spacial score (nSPS) is 14.1. The molecule has 0 saturated heterocycles. The summed E-state index contributed by atoms with van der Waals surface area (Å²) < 4.78 is 5.14. The highest BCUT2D eigenvalue weighted by Gasteiger charge is 2.21. The largest absolute Gasteiger partial charge is 0.391 e. The predicted octanol–water partition coefficient (Wildman–Crippen LogP) is 0.935. The first-order chi connectivity index (χ1) is 6.78. The summed E-state index contributed by atoms with van der Waals surface area (Å²) in [6.07, 6.45) is -0.187. The third-order valence-corrected chi connectivity index (χ3v) is 2.42. The third kappa shape index (κ3) is 6.47. The lowest BCUT2D eigenvalue weighted by molar-refractivity contribution is -0.126. The van der Waals surface area contributed by atoms with Gasteiger partial charge in [-0.1, -0.05) is 13.8 Å². The van der Waals surface area contributed by atoms with Crippen molar-refractivity contribution >= 4 is 5.91 Å². The maximum Gasteiger partial charge on any atom is 0.222 e. The SMILES string of the molecule is COC(C)(C)CC(=O)NCC(O)C(C)C. The molecule has 0 spiro atoms. The highest BCUT2D eigenvalue weighted by Crippen LogP contribution is 2.12. The third-order valence-electron chi connectivity index (χ3n) is 2.42. The smallest absolute Gasteiger partial charge is 0.222 e. The summed E-state index contributed by atoms with van der Waals surface area (Å²) >= 11 is 0. The van der Waals surface area contributed by atoms with E-state index in [1.807, 2.05) is 27.7 Å². The molecule has 0 aromatic carbocycles. The van der Waals surface area contributed by atoms with Gasteiger partial charge in [-0.2, -0.15) is 0 Å². The molecule has 90 valence electrons. The summed E-state index contributed by atoms with van der Waals surface area (Å²) in [6.45, 7) is 7.83. The molecule has 0 rings (SSSR count). The molecule has 2 N–H and O–H groups in total. The lowest BCUT2D eigenvalue weighted by Crippen LogP contribution is -2.38. The van der Waals surface area contributed by atoms with E-state index in [1.54, 1.807) is 7.11 Å². The molecule has 0 aliphatic rings. The van der Waals surface area contributed by atoms with E-state index in [2.05, 4.69) is 5.32 Å². The zero-order valence-corrected chi connectivity index (χ0v) is 10.3. The number of hydrogen-bond donors (Lipinski definition) is 2. The minimum atomic E-state index is -0.486. The van der Waals surface area contributed by atoms with E-state index in [1.165, 1.54) is 0 Å². The molecule has 0 radical (unpaired) electrons.